The maximum Gasteiger partial charge on any atom is 0.329 e. The molecule has 0 rings (SSSR count). The highest BCUT2D eigenvalue weighted by Crippen LogP contribution is 2.13. The van der Waals surface area contributed by atoms with Gasteiger partial charge in [-0.05, 0) is 33.2 Å². The molecule has 1 atom stereocenters. The fourth-order valence-corrected chi connectivity index (χ4v) is 0.972. The Bertz CT molecular complexity index is 188. The van der Waals surface area contributed by atoms with Crippen molar-refractivity contribution in [3.05, 3.63) is 0 Å². The Labute approximate surface area is 83.8 Å². The van der Waals surface area contributed by atoms with Crippen LogP contribution in [0.15, 0.2) is 0 Å². The smallest absolute Gasteiger partial charge is 0.329 e. The van der Waals surface area contributed by atoms with Gasteiger partial charge in [-0.2, -0.15) is 0 Å². The molecule has 0 bridgehead atoms. The molecule has 0 aliphatic heterocycles. The molecule has 0 fully saturated rings. The number of carbonyl (C=O) groups is 1. The number of alkyl halides is 1. The Balaban J connectivity index is 4.27. The highest BCUT2D eigenvalue weighted by Gasteiger charge is 2.35. The van der Waals surface area contributed by atoms with E-state index >= 15 is 0 Å². The quantitative estimate of drug-likeness (QED) is 0.614. The molecule has 0 aromatic heterocycles. The monoisotopic (exact) mass is 206 g/mol. The summed E-state index contributed by atoms with van der Waals surface area (Å²) in [5, 5.41) is 0. The Morgan fingerprint density at radius 2 is 2.14 bits per heavy atom. The Morgan fingerprint density at radius 3 is 2.50 bits per heavy atom. The van der Waals surface area contributed by atoms with E-state index in [-0.39, 0.29) is 12.5 Å². The molecule has 0 heterocycles. The summed E-state index contributed by atoms with van der Waals surface area (Å²) in [6.45, 7) is 2.85. The van der Waals surface area contributed by atoms with Crippen LogP contribution in [0, 0.1) is 0 Å². The van der Waals surface area contributed by atoms with E-state index in [0.29, 0.717) is 13.0 Å². The largest absolute Gasteiger partial charge is 0.462 e. The van der Waals surface area contributed by atoms with Crippen molar-refractivity contribution in [1.82, 2.24) is 0 Å². The molecular formula is C9H19FN2O2. The average Bonchev–Trinajstić information content (AvgIpc) is 2.13. The molecule has 4 N–H and O–H groups in total. The minimum atomic E-state index is -1.52. The van der Waals surface area contributed by atoms with Gasteiger partial charge in [0.15, 0.2) is 0 Å². The van der Waals surface area contributed by atoms with E-state index in [4.69, 9.17) is 16.2 Å². The third kappa shape index (κ3) is 4.02. The van der Waals surface area contributed by atoms with Crippen molar-refractivity contribution in [2.24, 2.45) is 11.5 Å². The summed E-state index contributed by atoms with van der Waals surface area (Å²) in [6.07, 6.45) is 0.439. The van der Waals surface area contributed by atoms with E-state index in [9.17, 15) is 9.18 Å². The molecule has 0 aromatic rings. The van der Waals surface area contributed by atoms with Gasteiger partial charge < -0.3 is 16.2 Å². The Hall–Kier alpha value is -0.680. The van der Waals surface area contributed by atoms with Crippen molar-refractivity contribution in [3.63, 3.8) is 0 Å². The molecule has 0 saturated heterocycles. The van der Waals surface area contributed by atoms with Crippen LogP contribution in [0.1, 0.15) is 26.7 Å². The zero-order chi connectivity index (χ0) is 11.2. The van der Waals surface area contributed by atoms with Gasteiger partial charge in [0.1, 0.15) is 12.2 Å². The second kappa shape index (κ2) is 5.93. The minimum absolute atomic E-state index is 0.214. The third-order valence-corrected chi connectivity index (χ3v) is 1.81. The van der Waals surface area contributed by atoms with Crippen LogP contribution < -0.4 is 11.5 Å². The summed E-state index contributed by atoms with van der Waals surface area (Å²) in [5.41, 5.74) is 9.31. The van der Waals surface area contributed by atoms with Crippen molar-refractivity contribution in [1.29, 1.82) is 0 Å². The summed E-state index contributed by atoms with van der Waals surface area (Å²) in [6, 6.07) is 0. The van der Waals surface area contributed by atoms with E-state index < -0.39 is 18.2 Å². The lowest BCUT2D eigenvalue weighted by Crippen LogP contribution is -2.52. The molecule has 0 aliphatic rings. The van der Waals surface area contributed by atoms with Crippen molar-refractivity contribution < 1.29 is 13.9 Å². The van der Waals surface area contributed by atoms with Gasteiger partial charge in [-0.25, -0.2) is 9.18 Å². The van der Waals surface area contributed by atoms with Crippen molar-refractivity contribution >= 4 is 5.97 Å². The molecule has 0 aromatic carbocycles. The standard InChI is InChI=1S/C9H19FN2O2/c1-7(2)14-8(13)9(12,6-10)4-3-5-11/h7H,3-6,11-12H2,1-2H3. The highest BCUT2D eigenvalue weighted by atomic mass is 19.1. The van der Waals surface area contributed by atoms with Gasteiger partial charge in [-0.15, -0.1) is 0 Å². The predicted molar refractivity (Wildman–Crippen MR) is 52.4 cm³/mol. The maximum absolute atomic E-state index is 12.6. The summed E-state index contributed by atoms with van der Waals surface area (Å²) >= 11 is 0. The Morgan fingerprint density at radius 1 is 1.57 bits per heavy atom. The summed E-state index contributed by atoms with van der Waals surface area (Å²) in [7, 11) is 0. The molecule has 84 valence electrons. The number of esters is 1. The number of nitrogens with two attached hydrogens (primary N) is 2. The molecule has 1 unspecified atom stereocenters. The average molecular weight is 206 g/mol. The number of hydrogen-bond donors (Lipinski definition) is 2. The van der Waals surface area contributed by atoms with Crippen LogP contribution in [0.2, 0.25) is 0 Å². The van der Waals surface area contributed by atoms with E-state index in [2.05, 4.69) is 0 Å². The first-order valence-corrected chi connectivity index (χ1v) is 4.72. The van der Waals surface area contributed by atoms with Gasteiger partial charge in [-0.3, -0.25) is 0 Å². The van der Waals surface area contributed by atoms with Crippen molar-refractivity contribution in [2.75, 3.05) is 13.2 Å². The lowest BCUT2D eigenvalue weighted by atomic mass is 9.96. The third-order valence-electron chi connectivity index (χ3n) is 1.81. The lowest BCUT2D eigenvalue weighted by molar-refractivity contribution is -0.155. The van der Waals surface area contributed by atoms with Crippen LogP contribution >= 0.6 is 0 Å². The number of ether oxygens (including phenoxy) is 1. The number of hydrogen-bond acceptors (Lipinski definition) is 4. The number of carbonyl (C=O) groups excluding carboxylic acids is 1. The summed E-state index contributed by atoms with van der Waals surface area (Å²) < 4.78 is 17.5. The van der Waals surface area contributed by atoms with E-state index in [0.717, 1.165) is 0 Å². The first kappa shape index (κ1) is 13.3. The fraction of sp³-hybridized carbons (Fsp3) is 0.889. The van der Waals surface area contributed by atoms with Crippen LogP contribution in [-0.4, -0.2) is 30.8 Å². The second-order valence-corrected chi connectivity index (χ2v) is 3.64. The van der Waals surface area contributed by atoms with Crippen LogP contribution in [-0.2, 0) is 9.53 Å². The lowest BCUT2D eigenvalue weighted by Gasteiger charge is -2.24. The molecule has 0 radical (unpaired) electrons. The molecule has 0 spiro atoms. The second-order valence-electron chi connectivity index (χ2n) is 3.64. The topological polar surface area (TPSA) is 78.3 Å². The van der Waals surface area contributed by atoms with E-state index in [1.165, 1.54) is 0 Å². The van der Waals surface area contributed by atoms with Gasteiger partial charge in [-0.1, -0.05) is 0 Å². The van der Waals surface area contributed by atoms with Gasteiger partial charge >= 0.3 is 5.97 Å². The van der Waals surface area contributed by atoms with Crippen molar-refractivity contribution in [3.8, 4) is 0 Å². The molecular weight excluding hydrogens is 187 g/mol. The highest BCUT2D eigenvalue weighted by molar-refractivity contribution is 5.80. The minimum Gasteiger partial charge on any atom is -0.462 e. The van der Waals surface area contributed by atoms with Crippen LogP contribution in [0.3, 0.4) is 0 Å². The first-order chi connectivity index (χ1) is 6.46. The van der Waals surface area contributed by atoms with Gasteiger partial charge in [0.05, 0.1) is 6.10 Å². The zero-order valence-corrected chi connectivity index (χ0v) is 8.75. The molecule has 14 heavy (non-hydrogen) atoms. The van der Waals surface area contributed by atoms with E-state index in [1.54, 1.807) is 13.8 Å². The normalized spacial score (nSPS) is 15.3. The maximum atomic E-state index is 12.6. The van der Waals surface area contributed by atoms with Gasteiger partial charge in [0, 0.05) is 0 Å². The molecule has 0 saturated carbocycles. The summed E-state index contributed by atoms with van der Waals surface area (Å²) in [4.78, 5) is 11.4. The zero-order valence-electron chi connectivity index (χ0n) is 8.75. The van der Waals surface area contributed by atoms with Crippen molar-refractivity contribution in [2.45, 2.75) is 38.3 Å². The predicted octanol–water partition coefficient (Wildman–Crippen LogP) is 0.344. The molecule has 5 heteroatoms. The summed E-state index contributed by atoms with van der Waals surface area (Å²) in [5.74, 6) is -0.691. The van der Waals surface area contributed by atoms with Crippen LogP contribution in [0.5, 0.6) is 0 Å². The number of rotatable bonds is 6. The van der Waals surface area contributed by atoms with Crippen LogP contribution in [0.25, 0.3) is 0 Å². The molecule has 0 aliphatic carbocycles. The van der Waals surface area contributed by atoms with Gasteiger partial charge in [0.25, 0.3) is 0 Å². The number of halogens is 1. The first-order valence-electron chi connectivity index (χ1n) is 4.72. The van der Waals surface area contributed by atoms with E-state index in [1.807, 2.05) is 0 Å². The van der Waals surface area contributed by atoms with Crippen LogP contribution in [0.4, 0.5) is 4.39 Å². The Kier molecular flexibility index (Phi) is 5.64. The molecule has 4 nitrogen and oxygen atoms in total. The fourth-order valence-electron chi connectivity index (χ4n) is 0.972. The molecule has 0 amide bonds. The SMILES string of the molecule is CC(C)OC(=O)C(N)(CF)CCCN. The van der Waals surface area contributed by atoms with Gasteiger partial charge in [0.2, 0.25) is 0 Å².